The molecule has 0 aliphatic rings. The van der Waals surface area contributed by atoms with Crippen molar-refractivity contribution in [2.75, 3.05) is 14.2 Å². The van der Waals surface area contributed by atoms with Crippen LogP contribution < -0.4 is 9.47 Å². The fourth-order valence-electron chi connectivity index (χ4n) is 4.00. The highest BCUT2D eigenvalue weighted by Crippen LogP contribution is 2.35. The zero-order valence-electron chi connectivity index (χ0n) is 21.4. The van der Waals surface area contributed by atoms with Crippen LogP contribution in [0, 0.1) is 10.1 Å². The normalized spacial score (nSPS) is 11.1. The molecular formula is C29H22N4O7. The van der Waals surface area contributed by atoms with Gasteiger partial charge >= 0.3 is 5.97 Å². The molecule has 0 unspecified atom stereocenters. The van der Waals surface area contributed by atoms with Crippen molar-refractivity contribution in [3.8, 4) is 34.2 Å². The number of nitrogens with zero attached hydrogens (tertiary/aromatic N) is 4. The molecule has 200 valence electrons. The van der Waals surface area contributed by atoms with Gasteiger partial charge in [-0.1, -0.05) is 30.3 Å². The van der Waals surface area contributed by atoms with Crippen LogP contribution in [0.2, 0.25) is 0 Å². The fraction of sp³-hybridized carbons (Fsp3) is 0.103. The summed E-state index contributed by atoms with van der Waals surface area (Å²) in [5, 5.41) is 19.9. The van der Waals surface area contributed by atoms with Crippen molar-refractivity contribution in [1.29, 1.82) is 0 Å². The average molecular weight is 539 g/mol. The standard InChI is InChI=1S/C29H22N4O7/c1-37-25-12-11-19(15-26(25)38-2)24-16-22(21-8-3-4-9-23(21)30-24)29-32-31-27(40-29)17-39-28(34)13-10-18-6-5-7-20(14-18)33(35)36/h3-16H,17H2,1-2H3. The van der Waals surface area contributed by atoms with Gasteiger partial charge in [0.2, 0.25) is 5.89 Å². The first-order valence-electron chi connectivity index (χ1n) is 12.0. The van der Waals surface area contributed by atoms with Crippen molar-refractivity contribution >= 4 is 28.6 Å². The average Bonchev–Trinajstić information content (AvgIpc) is 3.47. The molecular weight excluding hydrogens is 516 g/mol. The molecule has 0 aliphatic carbocycles. The van der Waals surface area contributed by atoms with Crippen LogP contribution in [0.5, 0.6) is 11.5 Å². The van der Waals surface area contributed by atoms with E-state index in [1.165, 1.54) is 30.4 Å². The van der Waals surface area contributed by atoms with Crippen molar-refractivity contribution in [3.05, 3.63) is 100 Å². The lowest BCUT2D eigenvalue weighted by molar-refractivity contribution is -0.384. The highest BCUT2D eigenvalue weighted by Gasteiger charge is 2.17. The van der Waals surface area contributed by atoms with Crippen LogP contribution in [0.4, 0.5) is 5.69 Å². The van der Waals surface area contributed by atoms with Gasteiger partial charge < -0.3 is 18.6 Å². The number of rotatable bonds is 9. The minimum absolute atomic E-state index is 0.0770. The Bertz CT molecular complexity index is 1750. The SMILES string of the molecule is COc1ccc(-c2cc(-c3nnc(COC(=O)C=Cc4cccc([N+](=O)[O-])c4)o3)c3ccccc3n2)cc1OC. The summed E-state index contributed by atoms with van der Waals surface area (Å²) in [5.74, 6) is 0.830. The van der Waals surface area contributed by atoms with Gasteiger partial charge in [-0.2, -0.15) is 0 Å². The molecule has 0 saturated heterocycles. The lowest BCUT2D eigenvalue weighted by Crippen LogP contribution is -2.01. The first-order chi connectivity index (χ1) is 19.4. The first-order valence-corrected chi connectivity index (χ1v) is 12.0. The van der Waals surface area contributed by atoms with E-state index in [9.17, 15) is 14.9 Å². The lowest BCUT2D eigenvalue weighted by Gasteiger charge is -2.11. The highest BCUT2D eigenvalue weighted by molar-refractivity contribution is 5.94. The third kappa shape index (κ3) is 5.63. The largest absolute Gasteiger partial charge is 0.493 e. The summed E-state index contributed by atoms with van der Waals surface area (Å²) in [6.07, 6.45) is 2.59. The number of nitro benzene ring substituents is 1. The molecule has 3 aromatic carbocycles. The van der Waals surface area contributed by atoms with Gasteiger partial charge in [-0.05, 0) is 42.0 Å². The quantitative estimate of drug-likeness (QED) is 0.100. The monoisotopic (exact) mass is 538 g/mol. The number of non-ortho nitro benzene ring substituents is 1. The first kappa shape index (κ1) is 26.0. The highest BCUT2D eigenvalue weighted by atomic mass is 16.6. The Morgan fingerprint density at radius 1 is 0.975 bits per heavy atom. The fourth-order valence-corrected chi connectivity index (χ4v) is 4.00. The third-order valence-corrected chi connectivity index (χ3v) is 5.92. The van der Waals surface area contributed by atoms with Gasteiger partial charge in [0.15, 0.2) is 18.1 Å². The molecule has 2 heterocycles. The Hall–Kier alpha value is -5.58. The summed E-state index contributed by atoms with van der Waals surface area (Å²) >= 11 is 0. The van der Waals surface area contributed by atoms with Crippen LogP contribution in [0.25, 0.3) is 39.7 Å². The van der Waals surface area contributed by atoms with Crippen LogP contribution >= 0.6 is 0 Å². The van der Waals surface area contributed by atoms with Crippen molar-refractivity contribution in [2.45, 2.75) is 6.61 Å². The summed E-state index contributed by atoms with van der Waals surface area (Å²) < 4.78 is 21.8. The number of hydrogen-bond donors (Lipinski definition) is 0. The van der Waals surface area contributed by atoms with E-state index in [0.717, 1.165) is 16.5 Å². The number of ether oxygens (including phenoxy) is 3. The molecule has 0 atom stereocenters. The molecule has 0 spiro atoms. The Balaban J connectivity index is 1.37. The zero-order valence-corrected chi connectivity index (χ0v) is 21.4. The minimum Gasteiger partial charge on any atom is -0.493 e. The summed E-state index contributed by atoms with van der Waals surface area (Å²) in [4.78, 5) is 27.4. The molecule has 0 saturated carbocycles. The molecule has 5 rings (SSSR count). The number of methoxy groups -OCH3 is 2. The number of pyridine rings is 1. The summed E-state index contributed by atoms with van der Waals surface area (Å²) in [6.45, 7) is -0.253. The predicted octanol–water partition coefficient (Wildman–Crippen LogP) is 5.63. The lowest BCUT2D eigenvalue weighted by atomic mass is 10.0. The molecule has 0 aliphatic heterocycles. The second-order valence-corrected chi connectivity index (χ2v) is 8.44. The number of para-hydroxylation sites is 1. The number of esters is 1. The number of aromatic nitrogens is 3. The van der Waals surface area contributed by atoms with E-state index in [-0.39, 0.29) is 24.1 Å². The summed E-state index contributed by atoms with van der Waals surface area (Å²) in [7, 11) is 3.14. The number of fused-ring (bicyclic) bond motifs is 1. The molecule has 0 fully saturated rings. The summed E-state index contributed by atoms with van der Waals surface area (Å²) in [6, 6.07) is 20.8. The van der Waals surface area contributed by atoms with E-state index in [2.05, 4.69) is 10.2 Å². The molecule has 0 bridgehead atoms. The van der Waals surface area contributed by atoms with Crippen molar-refractivity contribution in [3.63, 3.8) is 0 Å². The Labute approximate surface area is 227 Å². The molecule has 40 heavy (non-hydrogen) atoms. The predicted molar refractivity (Wildman–Crippen MR) is 146 cm³/mol. The maximum Gasteiger partial charge on any atom is 0.331 e. The molecule has 5 aromatic rings. The van der Waals surface area contributed by atoms with E-state index in [1.807, 2.05) is 42.5 Å². The van der Waals surface area contributed by atoms with Gasteiger partial charge in [0.25, 0.3) is 11.6 Å². The van der Waals surface area contributed by atoms with Gasteiger partial charge in [-0.3, -0.25) is 10.1 Å². The number of carbonyl (C=O) groups is 1. The van der Waals surface area contributed by atoms with Gasteiger partial charge in [-0.15, -0.1) is 10.2 Å². The van der Waals surface area contributed by atoms with Crippen molar-refractivity contribution in [1.82, 2.24) is 15.2 Å². The van der Waals surface area contributed by atoms with Gasteiger partial charge in [0.05, 0.1) is 35.9 Å². The minimum atomic E-state index is -0.670. The maximum atomic E-state index is 12.2. The molecule has 0 N–H and O–H groups in total. The second kappa shape index (κ2) is 11.4. The van der Waals surface area contributed by atoms with Gasteiger partial charge in [-0.25, -0.2) is 9.78 Å². The maximum absolute atomic E-state index is 12.2. The Morgan fingerprint density at radius 3 is 2.60 bits per heavy atom. The number of benzene rings is 3. The third-order valence-electron chi connectivity index (χ3n) is 5.92. The molecule has 0 radical (unpaired) electrons. The van der Waals surface area contributed by atoms with E-state index in [0.29, 0.717) is 28.3 Å². The van der Waals surface area contributed by atoms with E-state index < -0.39 is 10.9 Å². The molecule has 0 amide bonds. The zero-order chi connectivity index (χ0) is 28.1. The Morgan fingerprint density at radius 2 is 1.80 bits per heavy atom. The van der Waals surface area contributed by atoms with E-state index in [4.69, 9.17) is 23.6 Å². The topological polar surface area (TPSA) is 140 Å². The van der Waals surface area contributed by atoms with Crippen molar-refractivity contribution < 1.29 is 28.3 Å². The van der Waals surface area contributed by atoms with Crippen LogP contribution in [0.15, 0.2) is 83.3 Å². The summed E-state index contributed by atoms with van der Waals surface area (Å²) in [5.41, 5.74) is 3.25. The molecule has 11 nitrogen and oxygen atoms in total. The van der Waals surface area contributed by atoms with Crippen LogP contribution in [0.1, 0.15) is 11.5 Å². The van der Waals surface area contributed by atoms with Gasteiger partial charge in [0.1, 0.15) is 0 Å². The Kier molecular flexibility index (Phi) is 7.45. The molecule has 2 aromatic heterocycles. The van der Waals surface area contributed by atoms with E-state index in [1.54, 1.807) is 26.4 Å². The number of nitro groups is 1. The molecule has 11 heteroatoms. The number of carbonyl (C=O) groups excluding carboxylic acids is 1. The van der Waals surface area contributed by atoms with E-state index >= 15 is 0 Å². The van der Waals surface area contributed by atoms with Crippen molar-refractivity contribution in [2.24, 2.45) is 0 Å². The smallest absolute Gasteiger partial charge is 0.331 e. The van der Waals surface area contributed by atoms with Crippen LogP contribution in [-0.2, 0) is 16.1 Å². The van der Waals surface area contributed by atoms with Crippen LogP contribution in [-0.4, -0.2) is 40.3 Å². The number of hydrogen-bond acceptors (Lipinski definition) is 10. The van der Waals surface area contributed by atoms with Gasteiger partial charge in [0, 0.05) is 29.2 Å². The second-order valence-electron chi connectivity index (χ2n) is 8.44. The van der Waals surface area contributed by atoms with Crippen LogP contribution in [0.3, 0.4) is 0 Å².